The fourth-order valence-electron chi connectivity index (χ4n) is 2.99. The number of ketones is 1. The van der Waals surface area contributed by atoms with Crippen molar-refractivity contribution in [3.05, 3.63) is 23.5 Å². The zero-order valence-electron chi connectivity index (χ0n) is 13.7. The van der Waals surface area contributed by atoms with Crippen LogP contribution >= 0.6 is 0 Å². The summed E-state index contributed by atoms with van der Waals surface area (Å²) in [5.41, 5.74) is 2.02. The maximum absolute atomic E-state index is 12.0. The Balaban J connectivity index is 2.29. The van der Waals surface area contributed by atoms with Gasteiger partial charge in [-0.05, 0) is 43.5 Å². The van der Waals surface area contributed by atoms with E-state index in [2.05, 4.69) is 22.1 Å². The number of nitrogens with one attached hydrogen (secondary N) is 1. The standard InChI is InChI=1S/C17H25N3O2/c1-4-16(22)17-15(19-12(3)21)9-14(10-18-17)13-7-6-8-20(5-2)11-13/h9-10,13H,4-8,11H2,1-3H3,(H,19,21). The van der Waals surface area contributed by atoms with Gasteiger partial charge in [-0.1, -0.05) is 13.8 Å². The second-order valence-corrected chi connectivity index (χ2v) is 5.86. The predicted molar refractivity (Wildman–Crippen MR) is 87.3 cm³/mol. The van der Waals surface area contributed by atoms with Crippen LogP contribution in [0, 0.1) is 0 Å². The molecule has 0 radical (unpaired) electrons. The molecule has 1 amide bonds. The molecule has 120 valence electrons. The van der Waals surface area contributed by atoms with Crippen molar-refractivity contribution in [1.82, 2.24) is 9.88 Å². The second kappa shape index (κ2) is 7.49. The van der Waals surface area contributed by atoms with Gasteiger partial charge >= 0.3 is 0 Å². The number of likely N-dealkylation sites (N-methyl/N-ethyl adjacent to an activating group) is 1. The summed E-state index contributed by atoms with van der Waals surface area (Å²) in [5.74, 6) is 0.191. The van der Waals surface area contributed by atoms with Crippen molar-refractivity contribution < 1.29 is 9.59 Å². The summed E-state index contributed by atoms with van der Waals surface area (Å²) in [6, 6.07) is 1.93. The van der Waals surface area contributed by atoms with E-state index in [1.165, 1.54) is 13.3 Å². The molecule has 5 heteroatoms. The van der Waals surface area contributed by atoms with Gasteiger partial charge in [-0.2, -0.15) is 0 Å². The third-order valence-electron chi connectivity index (χ3n) is 4.23. The molecule has 1 unspecified atom stereocenters. The third-order valence-corrected chi connectivity index (χ3v) is 4.23. The molecular formula is C17H25N3O2. The van der Waals surface area contributed by atoms with Crippen LogP contribution in [0.25, 0.3) is 0 Å². The van der Waals surface area contributed by atoms with Crippen molar-refractivity contribution in [3.63, 3.8) is 0 Å². The molecule has 1 fully saturated rings. The van der Waals surface area contributed by atoms with Crippen LogP contribution in [-0.4, -0.2) is 41.2 Å². The first-order valence-electron chi connectivity index (χ1n) is 8.08. The highest BCUT2D eigenvalue weighted by Gasteiger charge is 2.22. The average molecular weight is 303 g/mol. The fraction of sp³-hybridized carbons (Fsp3) is 0.588. The van der Waals surface area contributed by atoms with E-state index in [0.29, 0.717) is 23.7 Å². The lowest BCUT2D eigenvalue weighted by Crippen LogP contribution is -2.34. The monoisotopic (exact) mass is 303 g/mol. The fourth-order valence-corrected chi connectivity index (χ4v) is 2.99. The lowest BCUT2D eigenvalue weighted by molar-refractivity contribution is -0.114. The molecule has 1 aliphatic heterocycles. The Labute approximate surface area is 132 Å². The van der Waals surface area contributed by atoms with Gasteiger partial charge in [0.25, 0.3) is 0 Å². The van der Waals surface area contributed by atoms with Gasteiger partial charge in [0.05, 0.1) is 5.69 Å². The molecule has 5 nitrogen and oxygen atoms in total. The SMILES string of the molecule is CCC(=O)c1ncc(C2CCCN(CC)C2)cc1NC(C)=O. The molecular weight excluding hydrogens is 278 g/mol. The Hall–Kier alpha value is -1.75. The molecule has 2 rings (SSSR count). The number of anilines is 1. The van der Waals surface area contributed by atoms with Crippen LogP contribution in [0.1, 0.15) is 62.0 Å². The molecule has 1 aliphatic rings. The minimum Gasteiger partial charge on any atom is -0.324 e. The van der Waals surface area contributed by atoms with E-state index >= 15 is 0 Å². The first-order chi connectivity index (χ1) is 10.5. The van der Waals surface area contributed by atoms with E-state index < -0.39 is 0 Å². The molecule has 1 aromatic rings. The highest BCUT2D eigenvalue weighted by molar-refractivity contribution is 6.02. The lowest BCUT2D eigenvalue weighted by Gasteiger charge is -2.32. The Morgan fingerprint density at radius 1 is 1.41 bits per heavy atom. The number of pyridine rings is 1. The zero-order chi connectivity index (χ0) is 16.1. The Morgan fingerprint density at radius 3 is 2.82 bits per heavy atom. The van der Waals surface area contributed by atoms with Crippen LogP contribution in [0.5, 0.6) is 0 Å². The molecule has 0 saturated carbocycles. The van der Waals surface area contributed by atoms with Gasteiger partial charge in [0, 0.05) is 26.1 Å². The number of rotatable bonds is 5. The second-order valence-electron chi connectivity index (χ2n) is 5.86. The first kappa shape index (κ1) is 16.6. The van der Waals surface area contributed by atoms with Crippen molar-refractivity contribution in [2.45, 2.75) is 46.0 Å². The number of carbonyl (C=O) groups is 2. The average Bonchev–Trinajstić information content (AvgIpc) is 2.53. The lowest BCUT2D eigenvalue weighted by atomic mass is 9.91. The minimum absolute atomic E-state index is 0.0471. The molecule has 0 aliphatic carbocycles. The Bertz CT molecular complexity index is 557. The highest BCUT2D eigenvalue weighted by Crippen LogP contribution is 2.29. The van der Waals surface area contributed by atoms with Gasteiger partial charge in [-0.25, -0.2) is 0 Å². The van der Waals surface area contributed by atoms with Gasteiger partial charge in [-0.15, -0.1) is 0 Å². The van der Waals surface area contributed by atoms with Crippen LogP contribution in [-0.2, 0) is 4.79 Å². The van der Waals surface area contributed by atoms with E-state index in [1.54, 1.807) is 13.1 Å². The summed E-state index contributed by atoms with van der Waals surface area (Å²) in [4.78, 5) is 30.2. The van der Waals surface area contributed by atoms with Gasteiger partial charge in [0.15, 0.2) is 5.78 Å². The summed E-state index contributed by atoms with van der Waals surface area (Å²) in [5, 5.41) is 2.76. The normalized spacial score (nSPS) is 19.0. The van der Waals surface area contributed by atoms with E-state index in [0.717, 1.165) is 31.6 Å². The van der Waals surface area contributed by atoms with Crippen LogP contribution in [0.4, 0.5) is 5.69 Å². The number of amides is 1. The van der Waals surface area contributed by atoms with Gasteiger partial charge in [-0.3, -0.25) is 14.6 Å². The van der Waals surface area contributed by atoms with Crippen molar-refractivity contribution in [2.75, 3.05) is 25.0 Å². The maximum Gasteiger partial charge on any atom is 0.221 e. The summed E-state index contributed by atoms with van der Waals surface area (Å²) < 4.78 is 0. The van der Waals surface area contributed by atoms with E-state index in [1.807, 2.05) is 6.07 Å². The number of piperidine rings is 1. The minimum atomic E-state index is -0.178. The van der Waals surface area contributed by atoms with Gasteiger partial charge < -0.3 is 10.2 Å². The van der Waals surface area contributed by atoms with Gasteiger partial charge in [0.2, 0.25) is 5.91 Å². The third kappa shape index (κ3) is 3.91. The van der Waals surface area contributed by atoms with Crippen molar-refractivity contribution in [3.8, 4) is 0 Å². The number of Topliss-reactive ketones (excluding diaryl/α,β-unsaturated/α-hetero) is 1. The molecule has 1 N–H and O–H groups in total. The smallest absolute Gasteiger partial charge is 0.221 e. The molecule has 0 spiro atoms. The molecule has 22 heavy (non-hydrogen) atoms. The Kier molecular flexibility index (Phi) is 5.66. The van der Waals surface area contributed by atoms with Crippen LogP contribution < -0.4 is 5.32 Å². The molecule has 0 aromatic carbocycles. The maximum atomic E-state index is 12.0. The van der Waals surface area contributed by atoms with Crippen molar-refractivity contribution in [1.29, 1.82) is 0 Å². The zero-order valence-corrected chi connectivity index (χ0v) is 13.7. The number of nitrogens with zero attached hydrogens (tertiary/aromatic N) is 2. The Morgan fingerprint density at radius 2 is 2.18 bits per heavy atom. The molecule has 0 bridgehead atoms. The summed E-state index contributed by atoms with van der Waals surface area (Å²) >= 11 is 0. The summed E-state index contributed by atoms with van der Waals surface area (Å²) in [6.07, 6.45) is 4.48. The van der Waals surface area contributed by atoms with Crippen LogP contribution in [0.15, 0.2) is 12.3 Å². The number of hydrogen-bond donors (Lipinski definition) is 1. The number of aromatic nitrogens is 1. The number of carbonyl (C=O) groups excluding carboxylic acids is 2. The quantitative estimate of drug-likeness (QED) is 0.850. The number of hydrogen-bond acceptors (Lipinski definition) is 4. The molecule has 1 aromatic heterocycles. The molecule has 2 heterocycles. The van der Waals surface area contributed by atoms with Crippen LogP contribution in [0.3, 0.4) is 0 Å². The largest absolute Gasteiger partial charge is 0.324 e. The summed E-state index contributed by atoms with van der Waals surface area (Å²) in [7, 11) is 0. The van der Waals surface area contributed by atoms with E-state index in [4.69, 9.17) is 0 Å². The number of likely N-dealkylation sites (tertiary alicyclic amines) is 1. The van der Waals surface area contributed by atoms with E-state index in [9.17, 15) is 9.59 Å². The predicted octanol–water partition coefficient (Wildman–Crippen LogP) is 2.83. The van der Waals surface area contributed by atoms with Crippen molar-refractivity contribution >= 4 is 17.4 Å². The van der Waals surface area contributed by atoms with E-state index in [-0.39, 0.29) is 11.7 Å². The summed E-state index contributed by atoms with van der Waals surface area (Å²) in [6.45, 7) is 8.63. The van der Waals surface area contributed by atoms with Crippen LogP contribution in [0.2, 0.25) is 0 Å². The van der Waals surface area contributed by atoms with Gasteiger partial charge in [0.1, 0.15) is 5.69 Å². The molecule has 1 atom stereocenters. The van der Waals surface area contributed by atoms with Crippen molar-refractivity contribution in [2.24, 2.45) is 0 Å². The molecule has 1 saturated heterocycles. The topological polar surface area (TPSA) is 62.3 Å². The first-order valence-corrected chi connectivity index (χ1v) is 8.08. The highest BCUT2D eigenvalue weighted by atomic mass is 16.1.